The highest BCUT2D eigenvalue weighted by atomic mass is 19.2. The van der Waals surface area contributed by atoms with Crippen LogP contribution in [-0.2, 0) is 6.42 Å². The third kappa shape index (κ3) is 4.70. The fourth-order valence-electron chi connectivity index (χ4n) is 6.02. The normalized spacial score (nSPS) is 12.2. The third-order valence-electron chi connectivity index (χ3n) is 8.29. The maximum atomic E-state index is 16.2. The molecule has 0 N–H and O–H groups in total. The molecule has 7 rings (SSSR count). The van der Waals surface area contributed by atoms with Crippen LogP contribution in [-0.4, -0.2) is 7.12 Å². The zero-order valence-electron chi connectivity index (χ0n) is 24.5. The minimum atomic E-state index is -3.52. The molecule has 0 aliphatic heterocycles. The first-order valence-electron chi connectivity index (χ1n) is 14.1. The van der Waals surface area contributed by atoms with Gasteiger partial charge in [0.2, 0.25) is 11.6 Å². The standard InChI is InChI=1S/C33H7BF16O2/c35-9-3-1-2-7-6-8-13(12(7)9)22(41)30(49)31(50)32(8)51-34(52-33-11(37)5-4-10(36)19(33)38)18-14-15(23(42)27(46)26(18)45)21(40)17-16(20(14)39)24(43)28(47)29(48)25(17)44/h1-5H,6H2. The predicted octanol–water partition coefficient (Wildman–Crippen LogP) is 9.64. The van der Waals surface area contributed by atoms with Crippen molar-refractivity contribution in [1.29, 1.82) is 0 Å². The van der Waals surface area contributed by atoms with E-state index in [1.54, 1.807) is 0 Å². The highest BCUT2D eigenvalue weighted by Crippen LogP contribution is 2.47. The van der Waals surface area contributed by atoms with Gasteiger partial charge in [0.1, 0.15) is 23.2 Å². The molecule has 6 aromatic rings. The summed E-state index contributed by atoms with van der Waals surface area (Å²) < 4.78 is 250. The van der Waals surface area contributed by atoms with Crippen LogP contribution < -0.4 is 14.8 Å². The van der Waals surface area contributed by atoms with E-state index in [-0.39, 0.29) is 17.7 Å². The Morgan fingerprint density at radius 2 is 0.885 bits per heavy atom. The smallest absolute Gasteiger partial charge is 0.519 e. The van der Waals surface area contributed by atoms with Crippen molar-refractivity contribution in [2.75, 3.05) is 0 Å². The van der Waals surface area contributed by atoms with Crippen molar-refractivity contribution in [1.82, 2.24) is 0 Å². The fourth-order valence-corrected chi connectivity index (χ4v) is 6.02. The Morgan fingerprint density at radius 1 is 0.385 bits per heavy atom. The first kappa shape index (κ1) is 34.8. The summed E-state index contributed by atoms with van der Waals surface area (Å²) in [6, 6.07) is 3.26. The van der Waals surface area contributed by atoms with Crippen LogP contribution >= 0.6 is 0 Å². The van der Waals surface area contributed by atoms with Crippen LogP contribution in [0.2, 0.25) is 0 Å². The molecule has 0 saturated carbocycles. The van der Waals surface area contributed by atoms with E-state index in [0.29, 0.717) is 0 Å². The molecule has 0 bridgehead atoms. The zero-order chi connectivity index (χ0) is 37.8. The minimum absolute atomic E-state index is 0.142. The lowest BCUT2D eigenvalue weighted by Crippen LogP contribution is -2.47. The molecule has 0 saturated heterocycles. The molecule has 1 aliphatic rings. The van der Waals surface area contributed by atoms with E-state index in [2.05, 4.69) is 0 Å². The largest absolute Gasteiger partial charge is 0.636 e. The SMILES string of the molecule is Fc1ccc(F)c(OB(Oc2c(F)c(F)c(F)c3c2Cc2cccc(F)c2-3)c2c(F)c(F)c(F)c3c(F)c4c(F)c(F)c(F)c(F)c4c(F)c23)c1F. The molecule has 0 fully saturated rings. The van der Waals surface area contributed by atoms with Crippen molar-refractivity contribution in [3.63, 3.8) is 0 Å². The maximum Gasteiger partial charge on any atom is 0.636 e. The quantitative estimate of drug-likeness (QED) is 0.0574. The van der Waals surface area contributed by atoms with Crippen LogP contribution in [0.15, 0.2) is 30.3 Å². The van der Waals surface area contributed by atoms with Gasteiger partial charge in [-0.25, -0.2) is 61.5 Å². The first-order valence-corrected chi connectivity index (χ1v) is 14.1. The van der Waals surface area contributed by atoms with Crippen molar-refractivity contribution in [2.45, 2.75) is 6.42 Å². The van der Waals surface area contributed by atoms with Crippen LogP contribution in [0.25, 0.3) is 32.7 Å². The molecule has 0 unspecified atom stereocenters. The van der Waals surface area contributed by atoms with Gasteiger partial charge in [-0.2, -0.15) is 8.78 Å². The van der Waals surface area contributed by atoms with Crippen molar-refractivity contribution >= 4 is 34.1 Å². The Kier molecular flexibility index (Phi) is 8.02. The number of fused-ring (bicyclic) bond motifs is 5. The number of hydrogen-bond donors (Lipinski definition) is 0. The number of benzene rings is 6. The molecule has 266 valence electrons. The molecular weight excluding hydrogens is 743 g/mol. The summed E-state index contributed by atoms with van der Waals surface area (Å²) in [5.41, 5.74) is -4.98. The van der Waals surface area contributed by atoms with Gasteiger partial charge in [-0.1, -0.05) is 12.1 Å². The van der Waals surface area contributed by atoms with Crippen molar-refractivity contribution in [2.24, 2.45) is 0 Å². The molecule has 1 aliphatic carbocycles. The molecule has 0 heterocycles. The van der Waals surface area contributed by atoms with Gasteiger partial charge < -0.3 is 9.31 Å². The summed E-state index contributed by atoms with van der Waals surface area (Å²) >= 11 is 0. The molecule has 0 atom stereocenters. The average Bonchev–Trinajstić information content (AvgIpc) is 3.51. The lowest BCUT2D eigenvalue weighted by Gasteiger charge is -2.23. The van der Waals surface area contributed by atoms with Gasteiger partial charge in [0.15, 0.2) is 69.7 Å². The summed E-state index contributed by atoms with van der Waals surface area (Å²) in [5, 5.41) is -8.80. The Labute approximate surface area is 277 Å². The van der Waals surface area contributed by atoms with E-state index in [0.717, 1.165) is 18.2 Å². The first-order chi connectivity index (χ1) is 24.5. The van der Waals surface area contributed by atoms with Crippen molar-refractivity contribution in [3.8, 4) is 22.6 Å². The van der Waals surface area contributed by atoms with Crippen molar-refractivity contribution in [3.05, 3.63) is 135 Å². The summed E-state index contributed by atoms with van der Waals surface area (Å²) in [4.78, 5) is 0. The molecule has 0 spiro atoms. The van der Waals surface area contributed by atoms with E-state index in [4.69, 9.17) is 9.31 Å². The Morgan fingerprint density at radius 3 is 1.50 bits per heavy atom. The van der Waals surface area contributed by atoms with Crippen LogP contribution in [0.4, 0.5) is 70.2 Å². The van der Waals surface area contributed by atoms with Gasteiger partial charge in [-0.15, -0.1) is 0 Å². The van der Waals surface area contributed by atoms with Crippen LogP contribution in [0.3, 0.4) is 0 Å². The highest BCUT2D eigenvalue weighted by Gasteiger charge is 2.44. The Balaban J connectivity index is 1.61. The summed E-state index contributed by atoms with van der Waals surface area (Å²) in [6.07, 6.45) is -0.773. The Hall–Kier alpha value is -5.62. The summed E-state index contributed by atoms with van der Waals surface area (Å²) in [6.45, 7) is 0. The molecule has 0 radical (unpaired) electrons. The predicted molar refractivity (Wildman–Crippen MR) is 149 cm³/mol. The second-order valence-corrected chi connectivity index (χ2v) is 11.1. The van der Waals surface area contributed by atoms with E-state index in [1.807, 2.05) is 0 Å². The van der Waals surface area contributed by atoms with E-state index in [9.17, 15) is 35.1 Å². The topological polar surface area (TPSA) is 18.5 Å². The van der Waals surface area contributed by atoms with Gasteiger partial charge in [0.05, 0.1) is 21.6 Å². The third-order valence-corrected chi connectivity index (χ3v) is 8.29. The van der Waals surface area contributed by atoms with Crippen molar-refractivity contribution < 1.29 is 79.6 Å². The fraction of sp³-hybridized carbons (Fsp3) is 0.0303. The molecule has 52 heavy (non-hydrogen) atoms. The lowest BCUT2D eigenvalue weighted by atomic mass is 9.73. The van der Waals surface area contributed by atoms with E-state index in [1.165, 1.54) is 0 Å². The molecule has 6 aromatic carbocycles. The van der Waals surface area contributed by atoms with Gasteiger partial charge in [-0.05, 0) is 23.8 Å². The van der Waals surface area contributed by atoms with Crippen LogP contribution in [0.1, 0.15) is 11.1 Å². The molecule has 0 amide bonds. The summed E-state index contributed by atoms with van der Waals surface area (Å²) in [7, 11) is -3.52. The molecule has 0 aromatic heterocycles. The van der Waals surface area contributed by atoms with Gasteiger partial charge >= 0.3 is 7.12 Å². The number of halogens is 16. The van der Waals surface area contributed by atoms with Gasteiger partial charge in [-0.3, -0.25) is 0 Å². The van der Waals surface area contributed by atoms with Gasteiger partial charge in [0.25, 0.3) is 0 Å². The monoisotopic (exact) mass is 750 g/mol. The molecule has 19 heteroatoms. The molecule has 2 nitrogen and oxygen atoms in total. The lowest BCUT2D eigenvalue weighted by molar-refractivity contribution is 0.362. The highest BCUT2D eigenvalue weighted by molar-refractivity contribution is 6.66. The van der Waals surface area contributed by atoms with E-state index < -0.39 is 162 Å². The number of hydrogen-bond acceptors (Lipinski definition) is 2. The van der Waals surface area contributed by atoms with Crippen LogP contribution in [0.5, 0.6) is 11.5 Å². The second-order valence-electron chi connectivity index (χ2n) is 11.1. The van der Waals surface area contributed by atoms with Crippen LogP contribution in [0, 0.1) is 93.1 Å². The number of rotatable bonds is 5. The van der Waals surface area contributed by atoms with Gasteiger partial charge in [0, 0.05) is 28.5 Å². The maximum absolute atomic E-state index is 16.2. The summed E-state index contributed by atoms with van der Waals surface area (Å²) in [5.74, 6) is -42.7. The average molecular weight is 750 g/mol. The zero-order valence-corrected chi connectivity index (χ0v) is 24.5. The minimum Gasteiger partial charge on any atom is -0.519 e. The second kappa shape index (κ2) is 12.0. The Bertz CT molecular complexity index is 2590. The van der Waals surface area contributed by atoms with E-state index >= 15 is 35.1 Å². The molecular formula is C33H7BF16O2.